The van der Waals surface area contributed by atoms with Crippen molar-refractivity contribution in [3.63, 3.8) is 0 Å². The van der Waals surface area contributed by atoms with Crippen molar-refractivity contribution in [2.75, 3.05) is 27.2 Å². The second-order valence-corrected chi connectivity index (χ2v) is 3.42. The number of carbonyl (C=O) groups is 1. The van der Waals surface area contributed by atoms with E-state index in [2.05, 4.69) is 24.2 Å². The average molecular weight is 156 g/mol. The fourth-order valence-corrected chi connectivity index (χ4v) is 1.74. The standard InChI is InChI=1S/C8H16N2O/c1-6-4-10(3)5-7(6)8(11)9-2/h6-7H,4-5H2,1-3H3,(H,9,11)/t6-,7-/m0/s1. The van der Waals surface area contributed by atoms with Crippen LogP contribution in [-0.4, -0.2) is 38.0 Å². The number of amides is 1. The zero-order valence-corrected chi connectivity index (χ0v) is 7.42. The maximum atomic E-state index is 11.2. The van der Waals surface area contributed by atoms with Crippen LogP contribution < -0.4 is 5.32 Å². The molecule has 1 saturated heterocycles. The summed E-state index contributed by atoms with van der Waals surface area (Å²) < 4.78 is 0. The number of nitrogens with zero attached hydrogens (tertiary/aromatic N) is 1. The molecule has 0 saturated carbocycles. The van der Waals surface area contributed by atoms with Gasteiger partial charge in [-0.15, -0.1) is 0 Å². The summed E-state index contributed by atoms with van der Waals surface area (Å²) in [4.78, 5) is 13.4. The molecule has 1 heterocycles. The minimum absolute atomic E-state index is 0.182. The zero-order valence-electron chi connectivity index (χ0n) is 7.42. The van der Waals surface area contributed by atoms with Crippen LogP contribution in [0.5, 0.6) is 0 Å². The van der Waals surface area contributed by atoms with Crippen LogP contribution in [0.1, 0.15) is 6.92 Å². The first-order chi connectivity index (χ1) is 5.15. The van der Waals surface area contributed by atoms with Crippen LogP contribution in [0.25, 0.3) is 0 Å². The summed E-state index contributed by atoms with van der Waals surface area (Å²) in [7, 11) is 3.76. The lowest BCUT2D eigenvalue weighted by Gasteiger charge is -2.11. The van der Waals surface area contributed by atoms with Gasteiger partial charge in [0.1, 0.15) is 0 Å². The Hall–Kier alpha value is -0.570. The summed E-state index contributed by atoms with van der Waals surface area (Å²) in [6.45, 7) is 4.07. The Balaban J connectivity index is 2.52. The molecule has 2 atom stereocenters. The van der Waals surface area contributed by atoms with E-state index >= 15 is 0 Å². The van der Waals surface area contributed by atoms with Crippen molar-refractivity contribution in [3.05, 3.63) is 0 Å². The van der Waals surface area contributed by atoms with Crippen molar-refractivity contribution in [1.29, 1.82) is 0 Å². The minimum Gasteiger partial charge on any atom is -0.359 e. The molecular weight excluding hydrogens is 140 g/mol. The molecule has 0 bridgehead atoms. The predicted molar refractivity (Wildman–Crippen MR) is 44.2 cm³/mol. The molecule has 0 unspecified atom stereocenters. The van der Waals surface area contributed by atoms with E-state index in [9.17, 15) is 4.79 Å². The molecule has 64 valence electrons. The molecule has 1 N–H and O–H groups in total. The first kappa shape index (κ1) is 8.53. The van der Waals surface area contributed by atoms with Gasteiger partial charge in [0, 0.05) is 20.1 Å². The lowest BCUT2D eigenvalue weighted by molar-refractivity contribution is -0.125. The largest absolute Gasteiger partial charge is 0.359 e. The number of hydrogen-bond donors (Lipinski definition) is 1. The smallest absolute Gasteiger partial charge is 0.224 e. The van der Waals surface area contributed by atoms with Crippen LogP contribution in [-0.2, 0) is 4.79 Å². The summed E-state index contributed by atoms with van der Waals surface area (Å²) in [5.74, 6) is 0.881. The highest BCUT2D eigenvalue weighted by Crippen LogP contribution is 2.21. The van der Waals surface area contributed by atoms with Gasteiger partial charge in [-0.2, -0.15) is 0 Å². The van der Waals surface area contributed by atoms with Gasteiger partial charge in [0.15, 0.2) is 0 Å². The quantitative estimate of drug-likeness (QED) is 0.576. The molecule has 1 aliphatic rings. The van der Waals surface area contributed by atoms with Gasteiger partial charge in [-0.3, -0.25) is 4.79 Å². The summed E-state index contributed by atoms with van der Waals surface area (Å²) in [6, 6.07) is 0. The fourth-order valence-electron chi connectivity index (χ4n) is 1.74. The van der Waals surface area contributed by atoms with Crippen LogP contribution in [0, 0.1) is 11.8 Å². The molecule has 0 spiro atoms. The van der Waals surface area contributed by atoms with E-state index in [4.69, 9.17) is 0 Å². The fraction of sp³-hybridized carbons (Fsp3) is 0.875. The molecule has 0 aliphatic carbocycles. The second-order valence-electron chi connectivity index (χ2n) is 3.42. The monoisotopic (exact) mass is 156 g/mol. The van der Waals surface area contributed by atoms with Gasteiger partial charge in [-0.05, 0) is 13.0 Å². The number of nitrogens with one attached hydrogen (secondary N) is 1. The molecule has 1 aliphatic heterocycles. The van der Waals surface area contributed by atoms with Gasteiger partial charge in [0.05, 0.1) is 5.92 Å². The Morgan fingerprint density at radius 3 is 2.55 bits per heavy atom. The van der Waals surface area contributed by atoms with E-state index in [0.29, 0.717) is 5.92 Å². The van der Waals surface area contributed by atoms with E-state index in [1.54, 1.807) is 7.05 Å². The molecule has 0 aromatic carbocycles. The third-order valence-electron chi connectivity index (χ3n) is 2.38. The Labute approximate surface area is 67.8 Å². The summed E-state index contributed by atoms with van der Waals surface area (Å²) in [5.41, 5.74) is 0. The molecule has 3 nitrogen and oxygen atoms in total. The Morgan fingerprint density at radius 2 is 2.18 bits per heavy atom. The second kappa shape index (κ2) is 3.22. The van der Waals surface area contributed by atoms with Crippen LogP contribution in [0.2, 0.25) is 0 Å². The van der Waals surface area contributed by atoms with E-state index in [1.165, 1.54) is 0 Å². The average Bonchev–Trinajstić information content (AvgIpc) is 2.28. The van der Waals surface area contributed by atoms with E-state index in [0.717, 1.165) is 13.1 Å². The molecule has 0 aromatic rings. The van der Waals surface area contributed by atoms with Crippen molar-refractivity contribution < 1.29 is 4.79 Å². The highest BCUT2D eigenvalue weighted by atomic mass is 16.1. The van der Waals surface area contributed by atoms with Crippen LogP contribution in [0.3, 0.4) is 0 Å². The highest BCUT2D eigenvalue weighted by Gasteiger charge is 2.31. The number of carbonyl (C=O) groups excluding carboxylic acids is 1. The number of likely N-dealkylation sites (tertiary alicyclic amines) is 1. The Morgan fingerprint density at radius 1 is 1.55 bits per heavy atom. The third kappa shape index (κ3) is 1.71. The van der Waals surface area contributed by atoms with Crippen LogP contribution in [0.15, 0.2) is 0 Å². The van der Waals surface area contributed by atoms with Crippen molar-refractivity contribution in [2.24, 2.45) is 11.8 Å². The van der Waals surface area contributed by atoms with Crippen molar-refractivity contribution in [2.45, 2.75) is 6.92 Å². The summed E-state index contributed by atoms with van der Waals surface area (Å²) in [5, 5.41) is 2.69. The molecule has 11 heavy (non-hydrogen) atoms. The summed E-state index contributed by atoms with van der Waals surface area (Å²) in [6.07, 6.45) is 0. The van der Waals surface area contributed by atoms with Crippen molar-refractivity contribution in [1.82, 2.24) is 10.2 Å². The van der Waals surface area contributed by atoms with Crippen molar-refractivity contribution >= 4 is 5.91 Å². The molecule has 1 fully saturated rings. The Kier molecular flexibility index (Phi) is 2.49. The zero-order chi connectivity index (χ0) is 8.43. The van der Waals surface area contributed by atoms with Gasteiger partial charge in [0.25, 0.3) is 0 Å². The molecule has 1 rings (SSSR count). The lowest BCUT2D eigenvalue weighted by atomic mass is 9.98. The maximum absolute atomic E-state index is 11.2. The first-order valence-electron chi connectivity index (χ1n) is 4.05. The van der Waals surface area contributed by atoms with Gasteiger partial charge in [-0.1, -0.05) is 6.92 Å². The van der Waals surface area contributed by atoms with Crippen LogP contribution in [0.4, 0.5) is 0 Å². The van der Waals surface area contributed by atoms with Crippen molar-refractivity contribution in [3.8, 4) is 0 Å². The van der Waals surface area contributed by atoms with Gasteiger partial charge in [-0.25, -0.2) is 0 Å². The predicted octanol–water partition coefficient (Wildman–Crippen LogP) is -0.0699. The maximum Gasteiger partial charge on any atom is 0.224 e. The normalized spacial score (nSPS) is 32.3. The minimum atomic E-state index is 0.182. The SMILES string of the molecule is CNC(=O)[C@H]1CN(C)C[C@@H]1C. The Bertz CT molecular complexity index is 158. The first-order valence-corrected chi connectivity index (χ1v) is 4.05. The number of rotatable bonds is 1. The van der Waals surface area contributed by atoms with Gasteiger partial charge >= 0.3 is 0 Å². The number of hydrogen-bond acceptors (Lipinski definition) is 2. The van der Waals surface area contributed by atoms with E-state index < -0.39 is 0 Å². The summed E-state index contributed by atoms with van der Waals surface area (Å²) >= 11 is 0. The molecule has 3 heteroatoms. The van der Waals surface area contributed by atoms with E-state index in [1.807, 2.05) is 0 Å². The van der Waals surface area contributed by atoms with Gasteiger partial charge < -0.3 is 10.2 Å². The molecule has 0 aromatic heterocycles. The molecular formula is C8H16N2O. The third-order valence-corrected chi connectivity index (χ3v) is 2.38. The van der Waals surface area contributed by atoms with E-state index in [-0.39, 0.29) is 11.8 Å². The topological polar surface area (TPSA) is 32.3 Å². The molecule has 1 amide bonds. The molecule has 0 radical (unpaired) electrons. The van der Waals surface area contributed by atoms with Crippen LogP contribution >= 0.6 is 0 Å². The van der Waals surface area contributed by atoms with Gasteiger partial charge in [0.2, 0.25) is 5.91 Å². The highest BCUT2D eigenvalue weighted by molar-refractivity contribution is 5.79. The lowest BCUT2D eigenvalue weighted by Crippen LogP contribution is -2.31.